The van der Waals surface area contributed by atoms with E-state index in [1.807, 2.05) is 12.1 Å². The Labute approximate surface area is 201 Å². The standard InChI is InChI=1S/C25H18Cl2N2O3S/c26-19-13-9-17(10-14-19)24-25(18-11-15-20(27)16-12-18)29(22-7-4-8-23(30)28(22)24)33(31,32)21-5-2-1-3-6-21/h1-16,24-25H/t24-,25+/m0/s1. The molecule has 0 amide bonds. The van der Waals surface area contributed by atoms with Crippen molar-refractivity contribution >= 4 is 39.0 Å². The molecule has 1 aliphatic heterocycles. The number of halogens is 2. The molecular weight excluding hydrogens is 479 g/mol. The molecule has 1 aliphatic rings. The van der Waals surface area contributed by atoms with Crippen LogP contribution in [0, 0.1) is 0 Å². The van der Waals surface area contributed by atoms with E-state index in [1.165, 1.54) is 14.9 Å². The maximum atomic E-state index is 14.0. The first-order valence-electron chi connectivity index (χ1n) is 10.2. The van der Waals surface area contributed by atoms with Gasteiger partial charge in [0, 0.05) is 16.1 Å². The number of sulfonamides is 1. The topological polar surface area (TPSA) is 59.4 Å². The third-order valence-electron chi connectivity index (χ3n) is 5.75. The lowest BCUT2D eigenvalue weighted by molar-refractivity contribution is 0.529. The van der Waals surface area contributed by atoms with E-state index in [4.69, 9.17) is 23.2 Å². The second-order valence-corrected chi connectivity index (χ2v) is 10.4. The predicted octanol–water partition coefficient (Wildman–Crippen LogP) is 5.69. The van der Waals surface area contributed by atoms with Gasteiger partial charge in [-0.3, -0.25) is 9.36 Å². The molecule has 0 aliphatic carbocycles. The molecule has 4 aromatic rings. The van der Waals surface area contributed by atoms with Crippen molar-refractivity contribution in [2.24, 2.45) is 0 Å². The molecule has 33 heavy (non-hydrogen) atoms. The fraction of sp³-hybridized carbons (Fsp3) is 0.0800. The highest BCUT2D eigenvalue weighted by molar-refractivity contribution is 7.92. The van der Waals surface area contributed by atoms with E-state index < -0.39 is 22.1 Å². The number of pyridine rings is 1. The highest BCUT2D eigenvalue weighted by Crippen LogP contribution is 2.48. The molecule has 1 aromatic heterocycles. The first-order chi connectivity index (χ1) is 15.9. The van der Waals surface area contributed by atoms with Gasteiger partial charge in [-0.1, -0.05) is 71.7 Å². The molecule has 2 atom stereocenters. The summed E-state index contributed by atoms with van der Waals surface area (Å²) in [5, 5.41) is 1.08. The number of nitrogens with zero attached hydrogens (tertiary/aromatic N) is 2. The van der Waals surface area contributed by atoms with Crippen molar-refractivity contribution in [3.8, 4) is 0 Å². The van der Waals surface area contributed by atoms with Gasteiger partial charge in [0.15, 0.2) is 0 Å². The van der Waals surface area contributed by atoms with Crippen molar-refractivity contribution in [2.45, 2.75) is 17.0 Å². The highest BCUT2D eigenvalue weighted by Gasteiger charge is 2.46. The fourth-order valence-corrected chi connectivity index (χ4v) is 6.22. The predicted molar refractivity (Wildman–Crippen MR) is 131 cm³/mol. The highest BCUT2D eigenvalue weighted by atomic mass is 35.5. The van der Waals surface area contributed by atoms with Crippen LogP contribution < -0.4 is 9.86 Å². The van der Waals surface area contributed by atoms with Crippen LogP contribution in [0.25, 0.3) is 0 Å². The van der Waals surface area contributed by atoms with Gasteiger partial charge in [0.2, 0.25) is 0 Å². The van der Waals surface area contributed by atoms with Crippen LogP contribution in [-0.2, 0) is 10.0 Å². The molecule has 3 aromatic carbocycles. The number of rotatable bonds is 4. The summed E-state index contributed by atoms with van der Waals surface area (Å²) in [7, 11) is -4.01. The molecule has 0 unspecified atom stereocenters. The van der Waals surface area contributed by atoms with Gasteiger partial charge >= 0.3 is 0 Å². The van der Waals surface area contributed by atoms with Gasteiger partial charge in [-0.2, -0.15) is 0 Å². The lowest BCUT2D eigenvalue weighted by atomic mass is 9.94. The van der Waals surface area contributed by atoms with Crippen molar-refractivity contribution in [2.75, 3.05) is 4.31 Å². The molecular formula is C25H18Cl2N2O3S. The Morgan fingerprint density at radius 1 is 0.636 bits per heavy atom. The van der Waals surface area contributed by atoms with Gasteiger partial charge in [0.1, 0.15) is 5.82 Å². The summed E-state index contributed by atoms with van der Waals surface area (Å²) in [6, 6.07) is 25.7. The van der Waals surface area contributed by atoms with Gasteiger partial charge in [0.05, 0.1) is 17.0 Å². The van der Waals surface area contributed by atoms with Crippen LogP contribution in [0.2, 0.25) is 10.0 Å². The fourth-order valence-electron chi connectivity index (χ4n) is 4.31. The van der Waals surface area contributed by atoms with E-state index in [2.05, 4.69) is 0 Å². The quantitative estimate of drug-likeness (QED) is 0.364. The average Bonchev–Trinajstić information content (AvgIpc) is 3.18. The Morgan fingerprint density at radius 3 is 1.76 bits per heavy atom. The number of fused-ring (bicyclic) bond motifs is 1. The van der Waals surface area contributed by atoms with Crippen molar-refractivity contribution in [3.63, 3.8) is 0 Å². The Hall–Kier alpha value is -3.06. The van der Waals surface area contributed by atoms with E-state index in [0.29, 0.717) is 21.4 Å². The van der Waals surface area contributed by atoms with Crippen molar-refractivity contribution in [1.29, 1.82) is 0 Å². The first kappa shape index (κ1) is 21.8. The Balaban J connectivity index is 1.82. The lowest BCUT2D eigenvalue weighted by Gasteiger charge is -2.29. The van der Waals surface area contributed by atoms with E-state index in [1.54, 1.807) is 78.9 Å². The summed E-state index contributed by atoms with van der Waals surface area (Å²) in [6.07, 6.45) is 0. The second kappa shape index (κ2) is 8.37. The normalized spacial score (nSPS) is 17.7. The van der Waals surface area contributed by atoms with Crippen LogP contribution in [0.15, 0.2) is 107 Å². The molecule has 0 radical (unpaired) electrons. The largest absolute Gasteiger partial charge is 0.284 e. The van der Waals surface area contributed by atoms with E-state index >= 15 is 0 Å². The minimum atomic E-state index is -4.01. The third-order valence-corrected chi connectivity index (χ3v) is 8.05. The molecule has 0 saturated heterocycles. The van der Waals surface area contributed by atoms with Crippen molar-refractivity contribution in [3.05, 3.63) is 129 Å². The van der Waals surface area contributed by atoms with E-state index in [-0.39, 0.29) is 10.5 Å². The average molecular weight is 497 g/mol. The Morgan fingerprint density at radius 2 is 1.18 bits per heavy atom. The maximum absolute atomic E-state index is 14.0. The minimum absolute atomic E-state index is 0.142. The number of hydrogen-bond acceptors (Lipinski definition) is 3. The summed E-state index contributed by atoms with van der Waals surface area (Å²) in [5.41, 5.74) is 1.18. The van der Waals surface area contributed by atoms with Crippen LogP contribution in [0.4, 0.5) is 5.82 Å². The van der Waals surface area contributed by atoms with E-state index in [0.717, 1.165) is 5.56 Å². The van der Waals surface area contributed by atoms with Crippen LogP contribution in [0.5, 0.6) is 0 Å². The van der Waals surface area contributed by atoms with E-state index in [9.17, 15) is 13.2 Å². The molecule has 0 N–H and O–H groups in total. The smallest absolute Gasteiger partial charge is 0.266 e. The van der Waals surface area contributed by atoms with Gasteiger partial charge < -0.3 is 0 Å². The van der Waals surface area contributed by atoms with Gasteiger partial charge in [-0.05, 0) is 53.6 Å². The summed E-state index contributed by atoms with van der Waals surface area (Å²) < 4.78 is 30.8. The van der Waals surface area contributed by atoms with Gasteiger partial charge in [-0.25, -0.2) is 12.7 Å². The molecule has 2 heterocycles. The molecule has 166 valence electrons. The van der Waals surface area contributed by atoms with Crippen molar-refractivity contribution < 1.29 is 8.42 Å². The minimum Gasteiger partial charge on any atom is -0.284 e. The molecule has 5 nitrogen and oxygen atoms in total. The summed E-state index contributed by atoms with van der Waals surface area (Å²) >= 11 is 12.2. The van der Waals surface area contributed by atoms with Gasteiger partial charge in [0.25, 0.3) is 15.6 Å². The summed E-state index contributed by atoms with van der Waals surface area (Å²) in [5.74, 6) is 0.297. The number of hydrogen-bond donors (Lipinski definition) is 0. The van der Waals surface area contributed by atoms with Crippen LogP contribution in [-0.4, -0.2) is 13.0 Å². The van der Waals surface area contributed by atoms with Crippen LogP contribution >= 0.6 is 23.2 Å². The zero-order chi connectivity index (χ0) is 23.2. The zero-order valence-corrected chi connectivity index (χ0v) is 19.5. The maximum Gasteiger partial charge on any atom is 0.266 e. The monoisotopic (exact) mass is 496 g/mol. The van der Waals surface area contributed by atoms with Crippen LogP contribution in [0.1, 0.15) is 23.2 Å². The van der Waals surface area contributed by atoms with Crippen LogP contribution in [0.3, 0.4) is 0 Å². The summed E-state index contributed by atoms with van der Waals surface area (Å²) in [6.45, 7) is 0. The third kappa shape index (κ3) is 3.74. The van der Waals surface area contributed by atoms with Crippen molar-refractivity contribution in [1.82, 2.24) is 4.57 Å². The number of anilines is 1. The number of benzene rings is 3. The number of aromatic nitrogens is 1. The Bertz CT molecular complexity index is 1470. The Kier molecular flexibility index (Phi) is 5.52. The SMILES string of the molecule is O=c1cccc2n1[C@@H](c1ccc(Cl)cc1)[C@@H](c1ccc(Cl)cc1)N2S(=O)(=O)c1ccccc1. The molecule has 0 saturated carbocycles. The summed E-state index contributed by atoms with van der Waals surface area (Å²) in [4.78, 5) is 13.2. The van der Waals surface area contributed by atoms with Gasteiger partial charge in [-0.15, -0.1) is 0 Å². The zero-order valence-electron chi connectivity index (χ0n) is 17.2. The molecule has 8 heteroatoms. The lowest BCUT2D eigenvalue weighted by Crippen LogP contribution is -2.33. The molecule has 0 fully saturated rings. The molecule has 0 spiro atoms. The molecule has 0 bridgehead atoms. The molecule has 5 rings (SSSR count). The second-order valence-electron chi connectivity index (χ2n) is 7.70. The first-order valence-corrected chi connectivity index (χ1v) is 12.4.